The lowest BCUT2D eigenvalue weighted by molar-refractivity contribution is -0.134. The highest BCUT2D eigenvalue weighted by Crippen LogP contribution is 2.46. The van der Waals surface area contributed by atoms with E-state index in [1.54, 1.807) is 13.0 Å². The predicted molar refractivity (Wildman–Crippen MR) is 60.0 cm³/mol. The van der Waals surface area contributed by atoms with Crippen molar-refractivity contribution < 1.29 is 14.7 Å². The Hall–Kier alpha value is -1.38. The average molecular weight is 220 g/mol. The second kappa shape index (κ2) is 3.58. The molecule has 16 heavy (non-hydrogen) atoms. The van der Waals surface area contributed by atoms with Gasteiger partial charge >= 0.3 is 5.97 Å². The van der Waals surface area contributed by atoms with Crippen LogP contribution in [-0.4, -0.2) is 16.9 Å². The first-order chi connectivity index (χ1) is 7.46. The van der Waals surface area contributed by atoms with Crippen molar-refractivity contribution in [3.8, 4) is 0 Å². The maximum atomic E-state index is 11.9. The summed E-state index contributed by atoms with van der Waals surface area (Å²) in [5, 5.41) is 9.02. The van der Waals surface area contributed by atoms with Crippen LogP contribution in [0.25, 0.3) is 0 Å². The lowest BCUT2D eigenvalue weighted by atomic mass is 9.65. The molecule has 86 valence electrons. The van der Waals surface area contributed by atoms with E-state index in [2.05, 4.69) is 0 Å². The van der Waals surface area contributed by atoms with Crippen molar-refractivity contribution in [3.63, 3.8) is 0 Å². The Morgan fingerprint density at radius 3 is 2.75 bits per heavy atom. The van der Waals surface area contributed by atoms with Crippen LogP contribution in [0.4, 0.5) is 0 Å². The Labute approximate surface area is 94.8 Å². The molecular formula is C13H16O3. The summed E-state index contributed by atoms with van der Waals surface area (Å²) in [6.45, 7) is 3.80. The van der Waals surface area contributed by atoms with Crippen molar-refractivity contribution in [3.05, 3.63) is 22.8 Å². The molecule has 0 aromatic heterocycles. The molecule has 0 aliphatic heterocycles. The van der Waals surface area contributed by atoms with Crippen molar-refractivity contribution in [2.24, 2.45) is 5.41 Å². The highest BCUT2D eigenvalue weighted by Gasteiger charge is 2.39. The number of hydrogen-bond donors (Lipinski definition) is 1. The maximum Gasteiger partial charge on any atom is 0.339 e. The van der Waals surface area contributed by atoms with Gasteiger partial charge < -0.3 is 5.11 Å². The topological polar surface area (TPSA) is 54.4 Å². The number of fused-ring (bicyclic) bond motifs is 1. The Kier molecular flexibility index (Phi) is 2.49. The summed E-state index contributed by atoms with van der Waals surface area (Å²) in [6, 6.07) is 0. The van der Waals surface area contributed by atoms with Crippen LogP contribution >= 0.6 is 0 Å². The molecule has 0 unspecified atom stereocenters. The summed E-state index contributed by atoms with van der Waals surface area (Å²) in [7, 11) is 0. The zero-order valence-electron chi connectivity index (χ0n) is 9.67. The van der Waals surface area contributed by atoms with Gasteiger partial charge in [-0.3, -0.25) is 4.79 Å². The molecule has 1 saturated carbocycles. The van der Waals surface area contributed by atoms with Gasteiger partial charge in [0.25, 0.3) is 0 Å². The third-order valence-electron chi connectivity index (χ3n) is 3.79. The summed E-state index contributed by atoms with van der Waals surface area (Å²) in [4.78, 5) is 22.9. The number of allylic oxidation sites excluding steroid dienone is 3. The number of hydrogen-bond acceptors (Lipinski definition) is 2. The number of ketones is 1. The van der Waals surface area contributed by atoms with Crippen LogP contribution in [0, 0.1) is 5.41 Å². The third-order valence-corrected chi connectivity index (χ3v) is 3.79. The van der Waals surface area contributed by atoms with Gasteiger partial charge in [0, 0.05) is 5.41 Å². The van der Waals surface area contributed by atoms with Crippen LogP contribution < -0.4 is 0 Å². The molecule has 1 atom stereocenters. The number of carbonyl (C=O) groups excluding carboxylic acids is 1. The molecule has 1 N–H and O–H groups in total. The van der Waals surface area contributed by atoms with Crippen LogP contribution in [0.1, 0.15) is 39.5 Å². The minimum atomic E-state index is -1.10. The molecule has 0 amide bonds. The highest BCUT2D eigenvalue weighted by molar-refractivity contribution is 6.24. The van der Waals surface area contributed by atoms with Crippen molar-refractivity contribution >= 4 is 11.8 Å². The molecule has 2 aliphatic rings. The first-order valence-corrected chi connectivity index (χ1v) is 5.67. The Balaban J connectivity index is 2.52. The second-order valence-corrected chi connectivity index (χ2v) is 4.92. The molecule has 3 heteroatoms. The van der Waals surface area contributed by atoms with E-state index in [0.717, 1.165) is 31.3 Å². The van der Waals surface area contributed by atoms with Gasteiger partial charge in [0.2, 0.25) is 0 Å². The Morgan fingerprint density at radius 1 is 1.44 bits per heavy atom. The molecule has 1 fully saturated rings. The standard InChI is InChI=1S/C13H16O3/c1-8-10-5-3-4-6-13(10,2)7-9(11(8)14)12(15)16/h7H,3-6H2,1-2H3,(H,15,16)/t13-/m0/s1. The van der Waals surface area contributed by atoms with E-state index in [0.29, 0.717) is 5.57 Å². The van der Waals surface area contributed by atoms with Gasteiger partial charge in [-0.15, -0.1) is 0 Å². The molecule has 0 aromatic carbocycles. The minimum absolute atomic E-state index is 0.0503. The molecule has 2 aliphatic carbocycles. The largest absolute Gasteiger partial charge is 0.478 e. The third kappa shape index (κ3) is 1.51. The highest BCUT2D eigenvalue weighted by atomic mass is 16.4. The average Bonchev–Trinajstić information content (AvgIpc) is 2.23. The van der Waals surface area contributed by atoms with E-state index < -0.39 is 5.97 Å². The van der Waals surface area contributed by atoms with E-state index in [1.807, 2.05) is 6.92 Å². The summed E-state index contributed by atoms with van der Waals surface area (Å²) >= 11 is 0. The molecule has 2 rings (SSSR count). The smallest absolute Gasteiger partial charge is 0.339 e. The van der Waals surface area contributed by atoms with Gasteiger partial charge in [0.1, 0.15) is 5.57 Å². The number of Topliss-reactive ketones (excluding diaryl/α,β-unsaturated/α-hetero) is 1. The van der Waals surface area contributed by atoms with Crippen molar-refractivity contribution in [2.75, 3.05) is 0 Å². The summed E-state index contributed by atoms with van der Waals surface area (Å²) < 4.78 is 0. The quantitative estimate of drug-likeness (QED) is 0.691. The van der Waals surface area contributed by atoms with Gasteiger partial charge in [-0.05, 0) is 31.8 Å². The number of aliphatic carboxylic acids is 1. The molecule has 0 spiro atoms. The fourth-order valence-electron chi connectivity index (χ4n) is 2.89. The van der Waals surface area contributed by atoms with E-state index >= 15 is 0 Å². The predicted octanol–water partition coefficient (Wildman–Crippen LogP) is 2.48. The summed E-state index contributed by atoms with van der Waals surface area (Å²) in [5.41, 5.74) is 1.55. The van der Waals surface area contributed by atoms with Crippen LogP contribution in [0.3, 0.4) is 0 Å². The fraction of sp³-hybridized carbons (Fsp3) is 0.538. The normalized spacial score (nSPS) is 29.9. The SMILES string of the molecule is CC1=C2CCCC[C@@]2(C)C=C(C(=O)O)C1=O. The van der Waals surface area contributed by atoms with Crippen LogP contribution in [0.5, 0.6) is 0 Å². The van der Waals surface area contributed by atoms with E-state index in [-0.39, 0.29) is 16.8 Å². The van der Waals surface area contributed by atoms with Crippen LogP contribution in [0.15, 0.2) is 22.8 Å². The summed E-state index contributed by atoms with van der Waals surface area (Å²) in [6.07, 6.45) is 5.75. The van der Waals surface area contributed by atoms with Crippen molar-refractivity contribution in [1.82, 2.24) is 0 Å². The number of carboxylic acid groups (broad SMARTS) is 1. The Bertz CT molecular complexity index is 428. The van der Waals surface area contributed by atoms with Crippen LogP contribution in [0.2, 0.25) is 0 Å². The van der Waals surface area contributed by atoms with Gasteiger partial charge in [-0.25, -0.2) is 4.79 Å². The molecular weight excluding hydrogens is 204 g/mol. The van der Waals surface area contributed by atoms with Crippen molar-refractivity contribution in [2.45, 2.75) is 39.5 Å². The first kappa shape index (κ1) is 11.1. The minimum Gasteiger partial charge on any atom is -0.478 e. The summed E-state index contributed by atoms with van der Waals surface area (Å²) in [5.74, 6) is -1.41. The van der Waals surface area contributed by atoms with E-state index in [1.165, 1.54) is 0 Å². The van der Waals surface area contributed by atoms with Gasteiger partial charge in [0.15, 0.2) is 5.78 Å². The Morgan fingerprint density at radius 2 is 2.12 bits per heavy atom. The molecule has 0 saturated heterocycles. The molecule has 0 bridgehead atoms. The van der Waals surface area contributed by atoms with Gasteiger partial charge in [-0.2, -0.15) is 0 Å². The van der Waals surface area contributed by atoms with Crippen LogP contribution in [-0.2, 0) is 9.59 Å². The van der Waals surface area contributed by atoms with Crippen molar-refractivity contribution in [1.29, 1.82) is 0 Å². The molecule has 0 aromatic rings. The molecule has 0 heterocycles. The first-order valence-electron chi connectivity index (χ1n) is 5.67. The number of rotatable bonds is 1. The zero-order chi connectivity index (χ0) is 11.9. The zero-order valence-corrected chi connectivity index (χ0v) is 9.67. The van der Waals surface area contributed by atoms with Gasteiger partial charge in [0.05, 0.1) is 0 Å². The van der Waals surface area contributed by atoms with Gasteiger partial charge in [-0.1, -0.05) is 25.0 Å². The lowest BCUT2D eigenvalue weighted by Gasteiger charge is -2.38. The molecule has 0 radical (unpaired) electrons. The van der Waals surface area contributed by atoms with E-state index in [9.17, 15) is 9.59 Å². The molecule has 3 nitrogen and oxygen atoms in total. The lowest BCUT2D eigenvalue weighted by Crippen LogP contribution is -2.31. The fourth-order valence-corrected chi connectivity index (χ4v) is 2.89. The second-order valence-electron chi connectivity index (χ2n) is 4.92. The maximum absolute atomic E-state index is 11.9. The van der Waals surface area contributed by atoms with E-state index in [4.69, 9.17) is 5.11 Å². The number of carbonyl (C=O) groups is 2. The monoisotopic (exact) mass is 220 g/mol. The number of carboxylic acids is 1.